The third-order valence-corrected chi connectivity index (χ3v) is 6.12. The van der Waals surface area contributed by atoms with Crippen molar-refractivity contribution in [1.29, 1.82) is 0 Å². The highest BCUT2D eigenvalue weighted by molar-refractivity contribution is 7.89. The van der Waals surface area contributed by atoms with Crippen LogP contribution < -0.4 is 0 Å². The zero-order chi connectivity index (χ0) is 17.7. The molecule has 1 fully saturated rings. The first-order chi connectivity index (χ1) is 11.3. The van der Waals surface area contributed by atoms with E-state index in [1.807, 2.05) is 0 Å². The van der Waals surface area contributed by atoms with Gasteiger partial charge in [0, 0.05) is 39.9 Å². The van der Waals surface area contributed by atoms with Gasteiger partial charge in [-0.15, -0.1) is 0 Å². The van der Waals surface area contributed by atoms with Gasteiger partial charge in [0.1, 0.15) is 0 Å². The van der Waals surface area contributed by atoms with E-state index in [4.69, 9.17) is 4.74 Å². The Bertz CT molecular complexity index is 650. The van der Waals surface area contributed by atoms with Crippen LogP contribution in [-0.4, -0.2) is 63.9 Å². The van der Waals surface area contributed by atoms with E-state index in [2.05, 4.69) is 0 Å². The zero-order valence-corrected chi connectivity index (χ0v) is 15.4. The van der Waals surface area contributed by atoms with Crippen LogP contribution >= 0.6 is 0 Å². The number of nitrogens with zero attached hydrogens (tertiary/aromatic N) is 2. The SMILES string of the molecule is CN(CCC1CCCCO1)C(=O)c1ccc(S(=O)(=O)N(C)C)cc1. The molecule has 0 N–H and O–H groups in total. The fourth-order valence-corrected chi connectivity index (χ4v) is 3.58. The molecule has 0 bridgehead atoms. The number of carbonyl (C=O) groups is 1. The fourth-order valence-electron chi connectivity index (χ4n) is 2.67. The standard InChI is InChI=1S/C17H26N2O4S/c1-18(2)24(21,22)16-9-7-14(8-10-16)17(20)19(3)12-11-15-6-4-5-13-23-15/h7-10,15H,4-6,11-13H2,1-3H3. The molecule has 6 nitrogen and oxygen atoms in total. The van der Waals surface area contributed by atoms with E-state index in [1.165, 1.54) is 32.6 Å². The number of amides is 1. The van der Waals surface area contributed by atoms with Gasteiger partial charge < -0.3 is 9.64 Å². The van der Waals surface area contributed by atoms with Gasteiger partial charge in [0.2, 0.25) is 10.0 Å². The van der Waals surface area contributed by atoms with Gasteiger partial charge >= 0.3 is 0 Å². The molecule has 134 valence electrons. The second-order valence-corrected chi connectivity index (χ2v) is 8.47. The van der Waals surface area contributed by atoms with Crippen molar-refractivity contribution in [3.8, 4) is 0 Å². The Morgan fingerprint density at radius 3 is 2.38 bits per heavy atom. The van der Waals surface area contributed by atoms with Crippen molar-refractivity contribution in [3.63, 3.8) is 0 Å². The summed E-state index contributed by atoms with van der Waals surface area (Å²) in [6, 6.07) is 6.07. The molecule has 1 saturated heterocycles. The average Bonchev–Trinajstić information content (AvgIpc) is 2.60. The molecule has 0 spiro atoms. The van der Waals surface area contributed by atoms with Crippen molar-refractivity contribution in [1.82, 2.24) is 9.21 Å². The molecule has 1 aromatic carbocycles. The lowest BCUT2D eigenvalue weighted by atomic mass is 10.1. The van der Waals surface area contributed by atoms with Crippen LogP contribution in [0.4, 0.5) is 0 Å². The molecule has 0 aliphatic carbocycles. The molecule has 0 radical (unpaired) electrons. The van der Waals surface area contributed by atoms with Crippen molar-refractivity contribution in [2.45, 2.75) is 36.7 Å². The largest absolute Gasteiger partial charge is 0.378 e. The van der Waals surface area contributed by atoms with Crippen LogP contribution in [0.25, 0.3) is 0 Å². The van der Waals surface area contributed by atoms with Crippen molar-refractivity contribution in [2.75, 3.05) is 34.3 Å². The fraction of sp³-hybridized carbons (Fsp3) is 0.588. The first-order valence-corrected chi connectivity index (χ1v) is 9.66. The Hall–Kier alpha value is -1.44. The molecule has 2 rings (SSSR count). The van der Waals surface area contributed by atoms with Gasteiger partial charge in [0.05, 0.1) is 11.0 Å². The van der Waals surface area contributed by atoms with Gasteiger partial charge in [-0.25, -0.2) is 12.7 Å². The van der Waals surface area contributed by atoms with Crippen LogP contribution in [0, 0.1) is 0 Å². The van der Waals surface area contributed by atoms with E-state index in [0.717, 1.165) is 30.2 Å². The van der Waals surface area contributed by atoms with Gasteiger partial charge in [-0.1, -0.05) is 0 Å². The Morgan fingerprint density at radius 1 is 1.17 bits per heavy atom. The molecule has 7 heteroatoms. The highest BCUT2D eigenvalue weighted by atomic mass is 32.2. The smallest absolute Gasteiger partial charge is 0.253 e. The Balaban J connectivity index is 1.96. The summed E-state index contributed by atoms with van der Waals surface area (Å²) in [5.41, 5.74) is 0.486. The molecule has 1 heterocycles. The molecule has 24 heavy (non-hydrogen) atoms. The molecule has 0 saturated carbocycles. The molecule has 1 aromatic rings. The number of hydrogen-bond donors (Lipinski definition) is 0. The van der Waals surface area contributed by atoms with E-state index < -0.39 is 10.0 Å². The number of sulfonamides is 1. The Labute approximate surface area is 144 Å². The van der Waals surface area contributed by atoms with Crippen LogP contribution in [0.2, 0.25) is 0 Å². The highest BCUT2D eigenvalue weighted by Crippen LogP contribution is 2.17. The predicted molar refractivity (Wildman–Crippen MR) is 92.5 cm³/mol. The zero-order valence-electron chi connectivity index (χ0n) is 14.6. The van der Waals surface area contributed by atoms with Gasteiger partial charge in [0.15, 0.2) is 0 Å². The van der Waals surface area contributed by atoms with Crippen molar-refractivity contribution >= 4 is 15.9 Å². The quantitative estimate of drug-likeness (QED) is 0.783. The summed E-state index contributed by atoms with van der Waals surface area (Å²) in [7, 11) is 1.25. The molecule has 1 atom stereocenters. The molecule has 1 aliphatic rings. The summed E-state index contributed by atoms with van der Waals surface area (Å²) in [6.07, 6.45) is 4.42. The maximum atomic E-state index is 12.4. The van der Waals surface area contributed by atoms with E-state index in [0.29, 0.717) is 12.1 Å². The lowest BCUT2D eigenvalue weighted by Crippen LogP contribution is -2.31. The second-order valence-electron chi connectivity index (χ2n) is 6.32. The average molecular weight is 354 g/mol. The number of benzene rings is 1. The molecule has 0 aromatic heterocycles. The molecule has 1 aliphatic heterocycles. The summed E-state index contributed by atoms with van der Waals surface area (Å²) in [4.78, 5) is 14.3. The number of rotatable bonds is 6. The number of ether oxygens (including phenoxy) is 1. The molecular formula is C17H26N2O4S. The number of carbonyl (C=O) groups excluding carboxylic acids is 1. The number of hydrogen-bond acceptors (Lipinski definition) is 4. The molecular weight excluding hydrogens is 328 g/mol. The summed E-state index contributed by atoms with van der Waals surface area (Å²) < 4.78 is 30.9. The van der Waals surface area contributed by atoms with Gasteiger partial charge in [-0.3, -0.25) is 4.79 Å². The van der Waals surface area contributed by atoms with E-state index in [-0.39, 0.29) is 16.9 Å². The van der Waals surface area contributed by atoms with E-state index >= 15 is 0 Å². The summed E-state index contributed by atoms with van der Waals surface area (Å²) in [6.45, 7) is 1.44. The van der Waals surface area contributed by atoms with E-state index in [1.54, 1.807) is 24.1 Å². The van der Waals surface area contributed by atoms with Crippen LogP contribution in [0.3, 0.4) is 0 Å². The van der Waals surface area contributed by atoms with Crippen LogP contribution in [-0.2, 0) is 14.8 Å². The monoisotopic (exact) mass is 354 g/mol. The second kappa shape index (κ2) is 8.09. The van der Waals surface area contributed by atoms with E-state index in [9.17, 15) is 13.2 Å². The van der Waals surface area contributed by atoms with Crippen molar-refractivity contribution in [3.05, 3.63) is 29.8 Å². The third-order valence-electron chi connectivity index (χ3n) is 4.29. The van der Waals surface area contributed by atoms with Crippen LogP contribution in [0.5, 0.6) is 0 Å². The van der Waals surface area contributed by atoms with Gasteiger partial charge in [-0.05, 0) is 49.9 Å². The summed E-state index contributed by atoms with van der Waals surface area (Å²) in [5.74, 6) is -0.111. The highest BCUT2D eigenvalue weighted by Gasteiger charge is 2.20. The minimum Gasteiger partial charge on any atom is -0.378 e. The summed E-state index contributed by atoms with van der Waals surface area (Å²) in [5, 5.41) is 0. The maximum Gasteiger partial charge on any atom is 0.253 e. The first kappa shape index (κ1) is 18.9. The lowest BCUT2D eigenvalue weighted by Gasteiger charge is -2.25. The minimum absolute atomic E-state index is 0.111. The molecule has 1 unspecified atom stereocenters. The molecule has 1 amide bonds. The Kier molecular flexibility index (Phi) is 6.37. The Morgan fingerprint density at radius 2 is 1.83 bits per heavy atom. The van der Waals surface area contributed by atoms with Crippen molar-refractivity contribution < 1.29 is 17.9 Å². The lowest BCUT2D eigenvalue weighted by molar-refractivity contribution is 0.00709. The van der Waals surface area contributed by atoms with Gasteiger partial charge in [-0.2, -0.15) is 0 Å². The normalized spacial score (nSPS) is 18.6. The van der Waals surface area contributed by atoms with Gasteiger partial charge in [0.25, 0.3) is 5.91 Å². The van der Waals surface area contributed by atoms with Crippen LogP contribution in [0.1, 0.15) is 36.0 Å². The minimum atomic E-state index is -3.47. The third kappa shape index (κ3) is 4.55. The van der Waals surface area contributed by atoms with Crippen molar-refractivity contribution in [2.24, 2.45) is 0 Å². The topological polar surface area (TPSA) is 66.9 Å². The first-order valence-electron chi connectivity index (χ1n) is 8.22. The summed E-state index contributed by atoms with van der Waals surface area (Å²) >= 11 is 0. The maximum absolute atomic E-state index is 12.4. The predicted octanol–water partition coefficient (Wildman–Crippen LogP) is 1.97. The van der Waals surface area contributed by atoms with Crippen LogP contribution in [0.15, 0.2) is 29.2 Å².